The van der Waals surface area contributed by atoms with Gasteiger partial charge in [0, 0.05) is 24.2 Å². The molecule has 2 unspecified atom stereocenters. The van der Waals surface area contributed by atoms with Gasteiger partial charge in [0.15, 0.2) is 0 Å². The number of benzene rings is 1. The quantitative estimate of drug-likeness (QED) is 0.869. The Morgan fingerprint density at radius 1 is 1.45 bits per heavy atom. The molecule has 2 atom stereocenters. The average molecular weight is 330 g/mol. The standard InChI is InChI=1S/C16H24FN3O.ClH/c1-12(18)15-8-4-5-9-20(15)11-16(21)19-10-13-6-2-3-7-14(13)17;/h2-3,6-7,12,15H,4-5,8-11,18H2,1H3,(H,19,21);1H. The van der Waals surface area contributed by atoms with Gasteiger partial charge >= 0.3 is 0 Å². The molecule has 1 aliphatic heterocycles. The summed E-state index contributed by atoms with van der Waals surface area (Å²) in [5, 5.41) is 2.79. The number of hydrogen-bond donors (Lipinski definition) is 2. The third kappa shape index (κ3) is 5.23. The van der Waals surface area contributed by atoms with Crippen LogP contribution in [0.15, 0.2) is 24.3 Å². The maximum absolute atomic E-state index is 13.5. The zero-order valence-electron chi connectivity index (χ0n) is 12.9. The zero-order chi connectivity index (χ0) is 15.2. The van der Waals surface area contributed by atoms with Crippen molar-refractivity contribution in [3.63, 3.8) is 0 Å². The molecule has 0 saturated carbocycles. The zero-order valence-corrected chi connectivity index (χ0v) is 13.7. The molecule has 1 aromatic rings. The Bertz CT molecular complexity index is 484. The van der Waals surface area contributed by atoms with Crippen LogP contribution >= 0.6 is 12.4 Å². The number of carbonyl (C=O) groups excluding carboxylic acids is 1. The van der Waals surface area contributed by atoms with E-state index in [2.05, 4.69) is 10.2 Å². The molecule has 2 rings (SSSR count). The van der Waals surface area contributed by atoms with Crippen molar-refractivity contribution in [2.75, 3.05) is 13.1 Å². The molecule has 3 N–H and O–H groups in total. The van der Waals surface area contributed by atoms with Crippen LogP contribution in [0, 0.1) is 5.82 Å². The number of hydrogen-bond acceptors (Lipinski definition) is 3. The minimum atomic E-state index is -0.288. The van der Waals surface area contributed by atoms with Crippen LogP contribution in [0.4, 0.5) is 4.39 Å². The van der Waals surface area contributed by atoms with E-state index in [4.69, 9.17) is 5.73 Å². The van der Waals surface area contributed by atoms with Gasteiger partial charge in [-0.25, -0.2) is 4.39 Å². The van der Waals surface area contributed by atoms with Crippen LogP contribution in [0.25, 0.3) is 0 Å². The molecule has 1 aromatic carbocycles. The van der Waals surface area contributed by atoms with E-state index < -0.39 is 0 Å². The van der Waals surface area contributed by atoms with Crippen LogP contribution in [-0.2, 0) is 11.3 Å². The van der Waals surface area contributed by atoms with Gasteiger partial charge in [-0.15, -0.1) is 12.4 Å². The smallest absolute Gasteiger partial charge is 0.234 e. The lowest BCUT2D eigenvalue weighted by atomic mass is 9.97. The van der Waals surface area contributed by atoms with Crippen molar-refractivity contribution < 1.29 is 9.18 Å². The molecule has 1 heterocycles. The van der Waals surface area contributed by atoms with Crippen LogP contribution in [0.2, 0.25) is 0 Å². The Balaban J connectivity index is 0.00000242. The molecule has 22 heavy (non-hydrogen) atoms. The van der Waals surface area contributed by atoms with Gasteiger partial charge in [0.25, 0.3) is 0 Å². The summed E-state index contributed by atoms with van der Waals surface area (Å²) in [6.07, 6.45) is 3.31. The third-order valence-electron chi connectivity index (χ3n) is 4.05. The molecule has 0 radical (unpaired) electrons. The minimum Gasteiger partial charge on any atom is -0.351 e. The molecule has 0 aliphatic carbocycles. The Kier molecular flexibility index (Phi) is 7.79. The van der Waals surface area contributed by atoms with E-state index in [1.54, 1.807) is 18.2 Å². The summed E-state index contributed by atoms with van der Waals surface area (Å²) >= 11 is 0. The molecule has 4 nitrogen and oxygen atoms in total. The molecule has 0 spiro atoms. The summed E-state index contributed by atoms with van der Waals surface area (Å²) in [4.78, 5) is 14.2. The van der Waals surface area contributed by atoms with E-state index in [0.29, 0.717) is 12.1 Å². The molecular formula is C16H25ClFN3O. The Labute approximate surface area is 137 Å². The van der Waals surface area contributed by atoms with Gasteiger partial charge in [0.2, 0.25) is 5.91 Å². The molecule has 1 fully saturated rings. The lowest BCUT2D eigenvalue weighted by Gasteiger charge is -2.37. The molecule has 1 saturated heterocycles. The normalized spacial score (nSPS) is 20.0. The van der Waals surface area contributed by atoms with E-state index >= 15 is 0 Å². The summed E-state index contributed by atoms with van der Waals surface area (Å²) in [5.74, 6) is -0.366. The van der Waals surface area contributed by atoms with Crippen molar-refractivity contribution in [2.24, 2.45) is 5.73 Å². The van der Waals surface area contributed by atoms with Crippen LogP contribution in [0.1, 0.15) is 31.7 Å². The molecule has 6 heteroatoms. The van der Waals surface area contributed by atoms with Crippen molar-refractivity contribution in [2.45, 2.75) is 44.8 Å². The van der Waals surface area contributed by atoms with Gasteiger partial charge in [-0.2, -0.15) is 0 Å². The molecule has 124 valence electrons. The largest absolute Gasteiger partial charge is 0.351 e. The maximum atomic E-state index is 13.5. The predicted molar refractivity (Wildman–Crippen MR) is 88.4 cm³/mol. The number of nitrogens with two attached hydrogens (primary N) is 1. The van der Waals surface area contributed by atoms with Crippen LogP contribution in [0.5, 0.6) is 0 Å². The second-order valence-electron chi connectivity index (χ2n) is 5.76. The van der Waals surface area contributed by atoms with Gasteiger partial charge in [-0.05, 0) is 32.4 Å². The van der Waals surface area contributed by atoms with Gasteiger partial charge in [-0.1, -0.05) is 24.6 Å². The highest BCUT2D eigenvalue weighted by molar-refractivity contribution is 5.85. The highest BCUT2D eigenvalue weighted by Crippen LogP contribution is 2.18. The molecule has 1 aliphatic rings. The van der Waals surface area contributed by atoms with E-state index in [-0.39, 0.29) is 42.8 Å². The number of piperidine rings is 1. The van der Waals surface area contributed by atoms with E-state index in [1.807, 2.05) is 6.92 Å². The first kappa shape index (κ1) is 18.9. The molecular weight excluding hydrogens is 305 g/mol. The van der Waals surface area contributed by atoms with E-state index in [1.165, 1.54) is 12.5 Å². The first-order chi connectivity index (χ1) is 10.1. The Hall–Kier alpha value is -1.17. The van der Waals surface area contributed by atoms with E-state index in [0.717, 1.165) is 19.4 Å². The first-order valence-electron chi connectivity index (χ1n) is 7.57. The average Bonchev–Trinajstić information content (AvgIpc) is 2.47. The van der Waals surface area contributed by atoms with E-state index in [9.17, 15) is 9.18 Å². The minimum absolute atomic E-state index is 0. The molecule has 1 amide bonds. The van der Waals surface area contributed by atoms with Crippen molar-refractivity contribution in [1.29, 1.82) is 0 Å². The lowest BCUT2D eigenvalue weighted by Crippen LogP contribution is -2.52. The van der Waals surface area contributed by atoms with Crippen LogP contribution in [0.3, 0.4) is 0 Å². The fourth-order valence-corrected chi connectivity index (χ4v) is 2.88. The third-order valence-corrected chi connectivity index (χ3v) is 4.05. The number of halogens is 2. The second kappa shape index (κ2) is 9.08. The summed E-state index contributed by atoms with van der Waals surface area (Å²) in [6.45, 7) is 3.45. The second-order valence-corrected chi connectivity index (χ2v) is 5.76. The van der Waals surface area contributed by atoms with Crippen molar-refractivity contribution in [1.82, 2.24) is 10.2 Å². The summed E-state index contributed by atoms with van der Waals surface area (Å²) in [7, 11) is 0. The Morgan fingerprint density at radius 2 is 2.18 bits per heavy atom. The highest BCUT2D eigenvalue weighted by Gasteiger charge is 2.26. The number of likely N-dealkylation sites (tertiary alicyclic amines) is 1. The number of nitrogens with zero attached hydrogens (tertiary/aromatic N) is 1. The van der Waals surface area contributed by atoms with Crippen molar-refractivity contribution in [3.8, 4) is 0 Å². The summed E-state index contributed by atoms with van der Waals surface area (Å²) in [6, 6.07) is 6.81. The Morgan fingerprint density at radius 3 is 2.86 bits per heavy atom. The van der Waals surface area contributed by atoms with Crippen LogP contribution < -0.4 is 11.1 Å². The predicted octanol–water partition coefficient (Wildman–Crippen LogP) is 2.07. The van der Waals surface area contributed by atoms with Crippen molar-refractivity contribution >= 4 is 18.3 Å². The van der Waals surface area contributed by atoms with Crippen molar-refractivity contribution in [3.05, 3.63) is 35.6 Å². The maximum Gasteiger partial charge on any atom is 0.234 e. The molecule has 0 aromatic heterocycles. The van der Waals surface area contributed by atoms with Gasteiger partial charge in [0.1, 0.15) is 5.82 Å². The number of amides is 1. The highest BCUT2D eigenvalue weighted by atomic mass is 35.5. The number of rotatable bonds is 5. The summed E-state index contributed by atoms with van der Waals surface area (Å²) in [5.41, 5.74) is 6.50. The molecule has 0 bridgehead atoms. The lowest BCUT2D eigenvalue weighted by molar-refractivity contribution is -0.123. The fourth-order valence-electron chi connectivity index (χ4n) is 2.88. The summed E-state index contributed by atoms with van der Waals surface area (Å²) < 4.78 is 13.5. The van der Waals surface area contributed by atoms with Gasteiger partial charge in [0.05, 0.1) is 6.54 Å². The monoisotopic (exact) mass is 329 g/mol. The fraction of sp³-hybridized carbons (Fsp3) is 0.562. The van der Waals surface area contributed by atoms with Gasteiger partial charge in [-0.3, -0.25) is 9.69 Å². The number of nitrogens with one attached hydrogen (secondary N) is 1. The van der Waals surface area contributed by atoms with Gasteiger partial charge < -0.3 is 11.1 Å². The first-order valence-corrected chi connectivity index (χ1v) is 7.57. The van der Waals surface area contributed by atoms with Crippen LogP contribution in [-0.4, -0.2) is 36.0 Å². The topological polar surface area (TPSA) is 58.4 Å². The number of carbonyl (C=O) groups is 1. The SMILES string of the molecule is CC(N)C1CCCCN1CC(=O)NCc1ccccc1F.Cl.